The third kappa shape index (κ3) is 2.81. The first-order valence-corrected chi connectivity index (χ1v) is 9.56. The van der Waals surface area contributed by atoms with Gasteiger partial charge < -0.3 is 9.52 Å². The van der Waals surface area contributed by atoms with Crippen LogP contribution in [0.2, 0.25) is 0 Å². The van der Waals surface area contributed by atoms with Gasteiger partial charge in [0.1, 0.15) is 11.5 Å². The van der Waals surface area contributed by atoms with E-state index in [-0.39, 0.29) is 41.0 Å². The molecule has 0 unspecified atom stereocenters. The summed E-state index contributed by atoms with van der Waals surface area (Å²) in [5.41, 5.74) is 0.912. The molecule has 0 radical (unpaired) electrons. The monoisotopic (exact) mass is 390 g/mol. The van der Waals surface area contributed by atoms with Crippen molar-refractivity contribution in [2.24, 2.45) is 28.8 Å². The van der Waals surface area contributed by atoms with E-state index in [4.69, 9.17) is 9.52 Å². The van der Waals surface area contributed by atoms with Crippen molar-refractivity contribution < 1.29 is 23.9 Å². The quantitative estimate of drug-likeness (QED) is 0.491. The smallest absolute Gasteiger partial charge is 0.335 e. The maximum atomic E-state index is 12.8. The normalized spacial score (nSPS) is 27.8. The zero-order valence-corrected chi connectivity index (χ0v) is 15.4. The Morgan fingerprint density at radius 2 is 1.62 bits per heavy atom. The first-order chi connectivity index (χ1) is 14.0. The summed E-state index contributed by atoms with van der Waals surface area (Å²) in [6.07, 6.45) is 7.41. The van der Waals surface area contributed by atoms with Crippen molar-refractivity contribution >= 4 is 24.0 Å². The number of aromatic carboxylic acids is 1. The Morgan fingerprint density at radius 3 is 2.17 bits per heavy atom. The lowest BCUT2D eigenvalue weighted by atomic mass is 9.63. The third-order valence-electron chi connectivity index (χ3n) is 6.08. The van der Waals surface area contributed by atoms with Gasteiger partial charge in [0.25, 0.3) is 11.8 Å². The molecule has 29 heavy (non-hydrogen) atoms. The molecule has 6 rings (SSSR count). The Kier molecular flexibility index (Phi) is 3.97. The molecule has 1 saturated heterocycles. The SMILES string of the molecule is O=C(O)c1ccc(-c2ccc(/C=N\N3C(=O)[C@@H]4[C@H](C3=O)[C@@H]3C=C[C@@H]4CC3)o2)cc1. The van der Waals surface area contributed by atoms with E-state index >= 15 is 0 Å². The topological polar surface area (TPSA) is 100 Å². The fourth-order valence-corrected chi connectivity index (χ4v) is 4.64. The van der Waals surface area contributed by atoms with Gasteiger partial charge in [0, 0.05) is 5.56 Å². The minimum atomic E-state index is -0.993. The molecule has 2 aromatic rings. The van der Waals surface area contributed by atoms with Crippen molar-refractivity contribution in [1.29, 1.82) is 0 Å². The third-order valence-corrected chi connectivity index (χ3v) is 6.08. The van der Waals surface area contributed by atoms with E-state index < -0.39 is 5.97 Å². The number of hydrogen-bond acceptors (Lipinski definition) is 5. The average Bonchev–Trinajstić information content (AvgIpc) is 3.32. The molecule has 0 spiro atoms. The van der Waals surface area contributed by atoms with Crippen LogP contribution >= 0.6 is 0 Å². The summed E-state index contributed by atoms with van der Waals surface area (Å²) in [5, 5.41) is 14.1. The van der Waals surface area contributed by atoms with Crippen LogP contribution in [0.5, 0.6) is 0 Å². The van der Waals surface area contributed by atoms with Crippen molar-refractivity contribution in [2.45, 2.75) is 12.8 Å². The number of rotatable bonds is 4. The van der Waals surface area contributed by atoms with Crippen molar-refractivity contribution in [3.05, 3.63) is 59.9 Å². The Balaban J connectivity index is 1.34. The highest BCUT2D eigenvalue weighted by molar-refractivity contribution is 6.06. The van der Waals surface area contributed by atoms with Crippen LogP contribution in [0, 0.1) is 23.7 Å². The van der Waals surface area contributed by atoms with E-state index in [0.717, 1.165) is 23.4 Å². The molecule has 2 fully saturated rings. The number of carbonyl (C=O) groups is 3. The summed E-state index contributed by atoms with van der Waals surface area (Å²) >= 11 is 0. The summed E-state index contributed by atoms with van der Waals surface area (Å²) < 4.78 is 5.72. The van der Waals surface area contributed by atoms with Gasteiger partial charge in [0.15, 0.2) is 0 Å². The fourth-order valence-electron chi connectivity index (χ4n) is 4.64. The van der Waals surface area contributed by atoms with Gasteiger partial charge in [-0.05, 0) is 48.9 Å². The van der Waals surface area contributed by atoms with Crippen LogP contribution in [-0.2, 0) is 9.59 Å². The number of nitrogens with zero attached hydrogens (tertiary/aromatic N) is 2. The summed E-state index contributed by atoms with van der Waals surface area (Å²) in [5.74, 6) is -0.828. The Hall–Kier alpha value is -3.48. The number of benzene rings is 1. The average molecular weight is 390 g/mol. The largest absolute Gasteiger partial charge is 0.478 e. The van der Waals surface area contributed by atoms with Crippen molar-refractivity contribution in [3.63, 3.8) is 0 Å². The molecule has 2 amide bonds. The number of allylic oxidation sites excluding steroid dienone is 2. The maximum Gasteiger partial charge on any atom is 0.335 e. The van der Waals surface area contributed by atoms with E-state index in [1.807, 2.05) is 0 Å². The van der Waals surface area contributed by atoms with Crippen LogP contribution in [0.25, 0.3) is 11.3 Å². The van der Waals surface area contributed by atoms with Gasteiger partial charge in [0.2, 0.25) is 0 Å². The molecule has 4 aliphatic rings. The van der Waals surface area contributed by atoms with Gasteiger partial charge in [-0.3, -0.25) is 9.59 Å². The molecule has 3 aliphatic carbocycles. The van der Waals surface area contributed by atoms with Crippen LogP contribution < -0.4 is 0 Å². The minimum Gasteiger partial charge on any atom is -0.478 e. The van der Waals surface area contributed by atoms with Crippen LogP contribution in [0.15, 0.2) is 58.1 Å². The summed E-state index contributed by atoms with van der Waals surface area (Å²) in [6, 6.07) is 9.73. The lowest BCUT2D eigenvalue weighted by Gasteiger charge is -2.37. The highest BCUT2D eigenvalue weighted by atomic mass is 16.4. The summed E-state index contributed by atoms with van der Waals surface area (Å²) in [7, 11) is 0. The van der Waals surface area contributed by atoms with Crippen LogP contribution in [-0.4, -0.2) is 34.1 Å². The summed E-state index contributed by atoms with van der Waals surface area (Å²) in [6.45, 7) is 0. The molecular weight excluding hydrogens is 372 g/mol. The number of furan rings is 1. The molecule has 2 heterocycles. The molecule has 1 saturated carbocycles. The number of carboxylic acid groups (broad SMARTS) is 1. The van der Waals surface area contributed by atoms with Crippen molar-refractivity contribution in [1.82, 2.24) is 5.01 Å². The lowest BCUT2D eigenvalue weighted by Crippen LogP contribution is -2.38. The summed E-state index contributed by atoms with van der Waals surface area (Å²) in [4.78, 5) is 36.5. The lowest BCUT2D eigenvalue weighted by molar-refractivity contribution is -0.140. The van der Waals surface area contributed by atoms with Gasteiger partial charge in [-0.15, -0.1) is 0 Å². The van der Waals surface area contributed by atoms with Crippen molar-refractivity contribution in [3.8, 4) is 11.3 Å². The fraction of sp³-hybridized carbons (Fsp3) is 0.273. The van der Waals surface area contributed by atoms with Gasteiger partial charge >= 0.3 is 5.97 Å². The molecule has 146 valence electrons. The minimum absolute atomic E-state index is 0.130. The molecule has 1 aromatic heterocycles. The first kappa shape index (κ1) is 17.6. The molecule has 7 nitrogen and oxygen atoms in total. The second kappa shape index (κ2) is 6.55. The Labute approximate surface area is 166 Å². The van der Waals surface area contributed by atoms with Gasteiger partial charge in [-0.2, -0.15) is 10.1 Å². The van der Waals surface area contributed by atoms with Crippen molar-refractivity contribution in [2.75, 3.05) is 0 Å². The zero-order valence-electron chi connectivity index (χ0n) is 15.4. The highest BCUT2D eigenvalue weighted by Gasteiger charge is 2.56. The number of amides is 2. The van der Waals surface area contributed by atoms with Gasteiger partial charge in [0.05, 0.1) is 23.6 Å². The Morgan fingerprint density at radius 1 is 1.00 bits per heavy atom. The van der Waals surface area contributed by atoms with Gasteiger partial charge in [-0.25, -0.2) is 4.79 Å². The van der Waals surface area contributed by atoms with E-state index in [0.29, 0.717) is 11.5 Å². The van der Waals surface area contributed by atoms with E-state index in [2.05, 4.69) is 17.3 Å². The first-order valence-electron chi connectivity index (χ1n) is 9.56. The van der Waals surface area contributed by atoms with Crippen LogP contribution in [0.1, 0.15) is 29.0 Å². The maximum absolute atomic E-state index is 12.8. The van der Waals surface area contributed by atoms with Crippen LogP contribution in [0.4, 0.5) is 0 Å². The number of carboxylic acids is 1. The number of fused-ring (bicyclic) bond motifs is 1. The zero-order chi connectivity index (χ0) is 20.1. The number of hydrazone groups is 1. The van der Waals surface area contributed by atoms with E-state index in [1.165, 1.54) is 18.3 Å². The molecule has 1 N–H and O–H groups in total. The molecule has 4 atom stereocenters. The van der Waals surface area contributed by atoms with Gasteiger partial charge in [-0.1, -0.05) is 24.3 Å². The Bertz CT molecular complexity index is 1030. The molecule has 7 heteroatoms. The number of imide groups is 1. The molecule has 1 aliphatic heterocycles. The second-order valence-corrected chi connectivity index (χ2v) is 7.66. The standard InChI is InChI=1S/C22H18N2O5/c25-20-18-13-3-4-14(6-5-13)19(18)21(26)24(20)23-11-16-9-10-17(29-16)12-1-7-15(8-2-12)22(27)28/h1-4,7-11,13-14,18-19H,5-6H2,(H,27,28)/b23-11-/t13-,14-,18-,19+/m1/s1. The van der Waals surface area contributed by atoms with Crippen LogP contribution in [0.3, 0.4) is 0 Å². The van der Waals surface area contributed by atoms with E-state index in [1.54, 1.807) is 24.3 Å². The molecule has 2 bridgehead atoms. The molecule has 1 aromatic carbocycles. The number of carbonyl (C=O) groups excluding carboxylic acids is 2. The number of hydrogen-bond donors (Lipinski definition) is 1. The molecular formula is C22H18N2O5. The highest BCUT2D eigenvalue weighted by Crippen LogP contribution is 2.49. The van der Waals surface area contributed by atoms with E-state index in [9.17, 15) is 14.4 Å². The second-order valence-electron chi connectivity index (χ2n) is 7.66. The predicted octanol–water partition coefficient (Wildman–Crippen LogP) is 3.18. The predicted molar refractivity (Wildman–Crippen MR) is 103 cm³/mol.